The van der Waals surface area contributed by atoms with Gasteiger partial charge in [-0.3, -0.25) is 14.4 Å². The molecule has 3 aliphatic rings. The molecule has 0 saturated carbocycles. The average Bonchev–Trinajstić information content (AvgIpc) is 3.18. The lowest BCUT2D eigenvalue weighted by Gasteiger charge is -2.37. The van der Waals surface area contributed by atoms with Crippen LogP contribution >= 0.6 is 11.8 Å². The third-order valence-corrected chi connectivity index (χ3v) is 7.89. The Hall–Kier alpha value is -3.20. The van der Waals surface area contributed by atoms with Crippen LogP contribution in [0.4, 0.5) is 11.4 Å². The number of fused-ring (bicyclic) bond motifs is 1. The first-order valence-electron chi connectivity index (χ1n) is 11.9. The number of rotatable bonds is 5. The number of imide groups is 1. The molecule has 0 N–H and O–H groups in total. The number of benzene rings is 2. The van der Waals surface area contributed by atoms with E-state index < -0.39 is 0 Å². The number of carbonyl (C=O) groups excluding carboxylic acids is 3. The molecule has 3 heterocycles. The second-order valence-corrected chi connectivity index (χ2v) is 10.1. The van der Waals surface area contributed by atoms with Crippen LogP contribution in [0.2, 0.25) is 0 Å². The van der Waals surface area contributed by atoms with Crippen LogP contribution in [0.25, 0.3) is 0 Å². The maximum absolute atomic E-state index is 13.6. The van der Waals surface area contributed by atoms with Crippen molar-refractivity contribution in [2.75, 3.05) is 61.7 Å². The molecular weight excluding hydrogens is 466 g/mol. The zero-order valence-corrected chi connectivity index (χ0v) is 20.8. The summed E-state index contributed by atoms with van der Waals surface area (Å²) in [7, 11) is 3.05. The van der Waals surface area contributed by atoms with Gasteiger partial charge in [-0.25, -0.2) is 4.90 Å². The van der Waals surface area contributed by atoms with Crippen LogP contribution in [-0.2, 0) is 4.79 Å². The molecule has 3 aliphatic heterocycles. The van der Waals surface area contributed by atoms with Crippen molar-refractivity contribution in [2.24, 2.45) is 5.92 Å². The average molecular weight is 496 g/mol. The van der Waals surface area contributed by atoms with Gasteiger partial charge in [0.25, 0.3) is 11.8 Å². The molecule has 0 unspecified atom stereocenters. The summed E-state index contributed by atoms with van der Waals surface area (Å²) < 4.78 is 10.7. The van der Waals surface area contributed by atoms with Gasteiger partial charge >= 0.3 is 0 Å². The molecule has 1 atom stereocenters. The summed E-state index contributed by atoms with van der Waals surface area (Å²) in [6.07, 6.45) is 1.71. The Balaban J connectivity index is 1.42. The van der Waals surface area contributed by atoms with E-state index in [1.54, 1.807) is 24.3 Å². The second-order valence-electron chi connectivity index (χ2n) is 8.91. The third-order valence-electron chi connectivity index (χ3n) is 6.95. The smallest absolute Gasteiger partial charge is 0.268 e. The monoisotopic (exact) mass is 495 g/mol. The van der Waals surface area contributed by atoms with Crippen LogP contribution in [0.3, 0.4) is 0 Å². The number of amides is 3. The summed E-state index contributed by atoms with van der Waals surface area (Å²) in [4.78, 5) is 45.4. The summed E-state index contributed by atoms with van der Waals surface area (Å²) in [6.45, 7) is 2.90. The normalized spacial score (nSPS) is 20.2. The Morgan fingerprint density at radius 1 is 0.971 bits per heavy atom. The SMILES string of the molecule is COc1ccc(N2C(=O)c3cccc(N4CCC[C@H](C(=O)N5CCSCC5)C4)c3C2=O)cc1OC. The van der Waals surface area contributed by atoms with Crippen molar-refractivity contribution in [3.8, 4) is 11.5 Å². The Morgan fingerprint density at radius 2 is 1.74 bits per heavy atom. The van der Waals surface area contributed by atoms with Gasteiger partial charge in [-0.15, -0.1) is 0 Å². The highest BCUT2D eigenvalue weighted by molar-refractivity contribution is 7.99. The minimum absolute atomic E-state index is 0.100. The van der Waals surface area contributed by atoms with Crippen LogP contribution in [0.1, 0.15) is 33.6 Å². The van der Waals surface area contributed by atoms with Crippen molar-refractivity contribution in [3.63, 3.8) is 0 Å². The van der Waals surface area contributed by atoms with E-state index in [0.717, 1.165) is 49.7 Å². The molecule has 3 amide bonds. The van der Waals surface area contributed by atoms with Gasteiger partial charge in [0.15, 0.2) is 11.5 Å². The number of nitrogens with zero attached hydrogens (tertiary/aromatic N) is 3. The van der Waals surface area contributed by atoms with Crippen molar-refractivity contribution in [3.05, 3.63) is 47.5 Å². The van der Waals surface area contributed by atoms with Crippen molar-refractivity contribution in [2.45, 2.75) is 12.8 Å². The van der Waals surface area contributed by atoms with Gasteiger partial charge in [-0.2, -0.15) is 11.8 Å². The quantitative estimate of drug-likeness (QED) is 0.589. The third kappa shape index (κ3) is 4.22. The van der Waals surface area contributed by atoms with Crippen molar-refractivity contribution in [1.82, 2.24) is 4.90 Å². The largest absolute Gasteiger partial charge is 0.493 e. The molecule has 0 radical (unpaired) electrons. The zero-order chi connectivity index (χ0) is 24.5. The van der Waals surface area contributed by atoms with E-state index in [-0.39, 0.29) is 23.6 Å². The van der Waals surface area contributed by atoms with Crippen LogP contribution in [0.15, 0.2) is 36.4 Å². The van der Waals surface area contributed by atoms with E-state index in [2.05, 4.69) is 4.90 Å². The number of hydrogen-bond donors (Lipinski definition) is 0. The predicted molar refractivity (Wildman–Crippen MR) is 136 cm³/mol. The lowest BCUT2D eigenvalue weighted by atomic mass is 9.94. The van der Waals surface area contributed by atoms with E-state index in [0.29, 0.717) is 34.9 Å². The molecule has 0 aliphatic carbocycles. The number of thioether (sulfide) groups is 1. The van der Waals surface area contributed by atoms with Crippen molar-refractivity contribution >= 4 is 40.9 Å². The predicted octanol–water partition coefficient (Wildman–Crippen LogP) is 3.30. The highest BCUT2D eigenvalue weighted by Gasteiger charge is 2.41. The molecule has 35 heavy (non-hydrogen) atoms. The standard InChI is InChI=1S/C26H29N3O5S/c1-33-21-9-8-18(15-22(21)34-2)29-25(31)19-6-3-7-20(23(19)26(29)32)28-10-4-5-17(16-28)24(30)27-11-13-35-14-12-27/h3,6-9,15,17H,4-5,10-14,16H2,1-2H3/t17-/m0/s1. The number of carbonyl (C=O) groups is 3. The zero-order valence-electron chi connectivity index (χ0n) is 20.0. The first kappa shape index (κ1) is 23.5. The Kier molecular flexibility index (Phi) is 6.60. The van der Waals surface area contributed by atoms with Gasteiger partial charge in [0.1, 0.15) is 0 Å². The maximum atomic E-state index is 13.6. The lowest BCUT2D eigenvalue weighted by Crippen LogP contribution is -2.47. The number of piperidine rings is 1. The molecule has 2 saturated heterocycles. The van der Waals surface area contributed by atoms with E-state index in [1.165, 1.54) is 19.1 Å². The maximum Gasteiger partial charge on any atom is 0.268 e. The number of methoxy groups -OCH3 is 2. The summed E-state index contributed by atoms with van der Waals surface area (Å²) in [5.74, 6) is 2.30. The molecule has 2 aromatic carbocycles. The molecule has 0 spiro atoms. The second kappa shape index (κ2) is 9.81. The van der Waals surface area contributed by atoms with Gasteiger partial charge in [0.05, 0.1) is 42.6 Å². The van der Waals surface area contributed by atoms with E-state index in [9.17, 15) is 14.4 Å². The minimum Gasteiger partial charge on any atom is -0.493 e. The van der Waals surface area contributed by atoms with Crippen LogP contribution in [-0.4, -0.2) is 74.5 Å². The lowest BCUT2D eigenvalue weighted by molar-refractivity contribution is -0.135. The highest BCUT2D eigenvalue weighted by atomic mass is 32.2. The molecule has 5 rings (SSSR count). The van der Waals surface area contributed by atoms with Gasteiger partial charge < -0.3 is 19.3 Å². The topological polar surface area (TPSA) is 79.4 Å². The molecular formula is C26H29N3O5S. The van der Waals surface area contributed by atoms with Gasteiger partial charge in [-0.05, 0) is 37.1 Å². The molecule has 9 heteroatoms. The summed E-state index contributed by atoms with van der Waals surface area (Å²) >= 11 is 1.88. The minimum atomic E-state index is -0.366. The first-order chi connectivity index (χ1) is 17.0. The fourth-order valence-electron chi connectivity index (χ4n) is 5.17. The van der Waals surface area contributed by atoms with Gasteiger partial charge in [0.2, 0.25) is 5.91 Å². The van der Waals surface area contributed by atoms with Crippen molar-refractivity contribution in [1.29, 1.82) is 0 Å². The van der Waals surface area contributed by atoms with E-state index >= 15 is 0 Å². The summed E-state index contributed by atoms with van der Waals surface area (Å²) in [6, 6.07) is 10.4. The van der Waals surface area contributed by atoms with Crippen molar-refractivity contribution < 1.29 is 23.9 Å². The molecule has 0 bridgehead atoms. The fourth-order valence-corrected chi connectivity index (χ4v) is 6.07. The molecule has 184 valence electrons. The number of hydrogen-bond acceptors (Lipinski definition) is 7. The fraction of sp³-hybridized carbons (Fsp3) is 0.423. The highest BCUT2D eigenvalue weighted by Crippen LogP contribution is 2.39. The molecule has 2 aromatic rings. The van der Waals surface area contributed by atoms with E-state index in [1.807, 2.05) is 28.8 Å². The number of ether oxygens (including phenoxy) is 2. The Labute approximate surface area is 209 Å². The van der Waals surface area contributed by atoms with Crippen LogP contribution in [0.5, 0.6) is 11.5 Å². The molecule has 0 aromatic heterocycles. The van der Waals surface area contributed by atoms with Gasteiger partial charge in [-0.1, -0.05) is 6.07 Å². The van der Waals surface area contributed by atoms with Gasteiger partial charge in [0, 0.05) is 43.8 Å². The Bertz CT molecular complexity index is 1160. The van der Waals surface area contributed by atoms with E-state index in [4.69, 9.17) is 9.47 Å². The number of anilines is 2. The molecule has 8 nitrogen and oxygen atoms in total. The first-order valence-corrected chi connectivity index (χ1v) is 13.0. The van der Waals surface area contributed by atoms with Crippen LogP contribution < -0.4 is 19.3 Å². The van der Waals surface area contributed by atoms with Crippen LogP contribution in [0, 0.1) is 5.92 Å². The summed E-state index contributed by atoms with van der Waals surface area (Å²) in [5, 5.41) is 0. The Morgan fingerprint density at radius 3 is 2.49 bits per heavy atom. The molecule has 2 fully saturated rings. The summed E-state index contributed by atoms with van der Waals surface area (Å²) in [5.41, 5.74) is 1.92.